The number of aromatic nitrogens is 2. The molecular formula is C15H18N4. The van der Waals surface area contributed by atoms with E-state index in [-0.39, 0.29) is 5.41 Å². The van der Waals surface area contributed by atoms with Crippen molar-refractivity contribution in [1.29, 1.82) is 5.26 Å². The Labute approximate surface area is 113 Å². The van der Waals surface area contributed by atoms with Crippen LogP contribution in [0, 0.1) is 11.3 Å². The summed E-state index contributed by atoms with van der Waals surface area (Å²) in [5, 5.41) is 16.6. The molecule has 2 aromatic rings. The highest BCUT2D eigenvalue weighted by Gasteiger charge is 2.18. The molecule has 0 aliphatic carbocycles. The molecule has 98 valence electrons. The molecule has 0 atom stereocenters. The number of anilines is 2. The van der Waals surface area contributed by atoms with Crippen molar-refractivity contribution in [2.45, 2.75) is 26.2 Å². The summed E-state index contributed by atoms with van der Waals surface area (Å²) in [6, 6.07) is 11.5. The largest absolute Gasteiger partial charge is 0.340 e. The molecule has 19 heavy (non-hydrogen) atoms. The van der Waals surface area contributed by atoms with Crippen molar-refractivity contribution in [3.63, 3.8) is 0 Å². The van der Waals surface area contributed by atoms with Crippen molar-refractivity contribution in [1.82, 2.24) is 9.78 Å². The van der Waals surface area contributed by atoms with E-state index in [0.29, 0.717) is 5.56 Å². The van der Waals surface area contributed by atoms with Crippen LogP contribution in [0.4, 0.5) is 11.5 Å². The van der Waals surface area contributed by atoms with Gasteiger partial charge in [0.2, 0.25) is 0 Å². The van der Waals surface area contributed by atoms with E-state index in [0.717, 1.165) is 17.2 Å². The Balaban J connectivity index is 2.23. The molecule has 0 fully saturated rings. The van der Waals surface area contributed by atoms with Crippen molar-refractivity contribution in [2.75, 3.05) is 5.32 Å². The normalized spacial score (nSPS) is 11.1. The first-order valence-electron chi connectivity index (χ1n) is 6.22. The van der Waals surface area contributed by atoms with Gasteiger partial charge in [0.25, 0.3) is 0 Å². The molecule has 1 aromatic heterocycles. The number of nitrogens with one attached hydrogen (secondary N) is 1. The third kappa shape index (κ3) is 2.94. The second-order valence-corrected chi connectivity index (χ2v) is 5.60. The van der Waals surface area contributed by atoms with Gasteiger partial charge < -0.3 is 5.32 Å². The molecule has 0 radical (unpaired) electrons. The average Bonchev–Trinajstić information content (AvgIpc) is 2.72. The monoisotopic (exact) mass is 254 g/mol. The predicted octanol–water partition coefficient (Wildman–Crippen LogP) is 3.33. The van der Waals surface area contributed by atoms with Crippen LogP contribution in [0.1, 0.15) is 32.0 Å². The van der Waals surface area contributed by atoms with Crippen LogP contribution in [0.5, 0.6) is 0 Å². The fourth-order valence-corrected chi connectivity index (χ4v) is 1.73. The summed E-state index contributed by atoms with van der Waals surface area (Å²) in [7, 11) is 1.92. The van der Waals surface area contributed by atoms with Crippen molar-refractivity contribution < 1.29 is 0 Å². The topological polar surface area (TPSA) is 53.6 Å². The van der Waals surface area contributed by atoms with Crippen LogP contribution >= 0.6 is 0 Å². The molecule has 0 saturated carbocycles. The molecule has 2 rings (SSSR count). The number of aryl methyl sites for hydroxylation is 1. The zero-order chi connectivity index (χ0) is 14.0. The maximum absolute atomic E-state index is 8.77. The molecule has 0 aliphatic rings. The first kappa shape index (κ1) is 13.2. The average molecular weight is 254 g/mol. The Morgan fingerprint density at radius 2 is 1.84 bits per heavy atom. The standard InChI is InChI=1S/C15H18N4/c1-15(2,3)13-9-14(19(4)18-13)17-12-7-5-11(10-16)6-8-12/h5-9,17H,1-4H3. The molecule has 0 bridgehead atoms. The Morgan fingerprint density at radius 1 is 1.21 bits per heavy atom. The lowest BCUT2D eigenvalue weighted by Crippen LogP contribution is -2.12. The Hall–Kier alpha value is -2.28. The lowest BCUT2D eigenvalue weighted by atomic mass is 9.92. The molecule has 4 heteroatoms. The Bertz CT molecular complexity index is 609. The van der Waals surface area contributed by atoms with Crippen LogP contribution in [-0.2, 0) is 12.5 Å². The Morgan fingerprint density at radius 3 is 2.32 bits per heavy atom. The number of benzene rings is 1. The second kappa shape index (κ2) is 4.77. The minimum Gasteiger partial charge on any atom is -0.340 e. The number of rotatable bonds is 2. The maximum atomic E-state index is 8.77. The fourth-order valence-electron chi connectivity index (χ4n) is 1.73. The van der Waals surface area contributed by atoms with Gasteiger partial charge in [0.15, 0.2) is 0 Å². The van der Waals surface area contributed by atoms with Crippen LogP contribution in [0.25, 0.3) is 0 Å². The van der Waals surface area contributed by atoms with E-state index in [4.69, 9.17) is 5.26 Å². The highest BCUT2D eigenvalue weighted by molar-refractivity contribution is 5.58. The van der Waals surface area contributed by atoms with Crippen LogP contribution in [0.2, 0.25) is 0 Å². The molecule has 1 N–H and O–H groups in total. The third-order valence-electron chi connectivity index (χ3n) is 2.93. The highest BCUT2D eigenvalue weighted by Crippen LogP contribution is 2.25. The molecule has 4 nitrogen and oxygen atoms in total. The molecule has 1 heterocycles. The molecule has 0 amide bonds. The zero-order valence-electron chi connectivity index (χ0n) is 11.7. The number of hydrogen-bond donors (Lipinski definition) is 1. The van der Waals surface area contributed by atoms with Gasteiger partial charge in [0, 0.05) is 24.2 Å². The van der Waals surface area contributed by atoms with Crippen LogP contribution in [0.15, 0.2) is 30.3 Å². The molecular weight excluding hydrogens is 236 g/mol. The van der Waals surface area contributed by atoms with Gasteiger partial charge >= 0.3 is 0 Å². The second-order valence-electron chi connectivity index (χ2n) is 5.60. The van der Waals surface area contributed by atoms with Crippen LogP contribution in [0.3, 0.4) is 0 Å². The van der Waals surface area contributed by atoms with E-state index in [1.807, 2.05) is 23.9 Å². The summed E-state index contributed by atoms with van der Waals surface area (Å²) in [4.78, 5) is 0. The lowest BCUT2D eigenvalue weighted by molar-refractivity contribution is 0.553. The van der Waals surface area contributed by atoms with Gasteiger partial charge in [-0.15, -0.1) is 0 Å². The van der Waals surface area contributed by atoms with Gasteiger partial charge in [0.05, 0.1) is 17.3 Å². The van der Waals surface area contributed by atoms with Crippen LogP contribution in [-0.4, -0.2) is 9.78 Å². The number of nitrogens with zero attached hydrogens (tertiary/aromatic N) is 3. The first-order valence-corrected chi connectivity index (χ1v) is 6.22. The van der Waals surface area contributed by atoms with E-state index in [1.165, 1.54) is 0 Å². The summed E-state index contributed by atoms with van der Waals surface area (Å²) >= 11 is 0. The van der Waals surface area contributed by atoms with Crippen molar-refractivity contribution in [3.05, 3.63) is 41.6 Å². The zero-order valence-corrected chi connectivity index (χ0v) is 11.7. The minimum absolute atomic E-state index is 0.0301. The molecule has 1 aromatic carbocycles. The fraction of sp³-hybridized carbons (Fsp3) is 0.333. The predicted molar refractivity (Wildman–Crippen MR) is 76.3 cm³/mol. The van der Waals surface area contributed by atoms with Gasteiger partial charge in [0.1, 0.15) is 5.82 Å². The molecule has 0 spiro atoms. The van der Waals surface area contributed by atoms with Crippen molar-refractivity contribution in [2.24, 2.45) is 7.05 Å². The van der Waals surface area contributed by atoms with Gasteiger partial charge in [-0.2, -0.15) is 10.4 Å². The van der Waals surface area contributed by atoms with Crippen molar-refractivity contribution in [3.8, 4) is 6.07 Å². The van der Waals surface area contributed by atoms with E-state index in [9.17, 15) is 0 Å². The smallest absolute Gasteiger partial charge is 0.128 e. The highest BCUT2D eigenvalue weighted by atomic mass is 15.3. The third-order valence-corrected chi connectivity index (χ3v) is 2.93. The summed E-state index contributed by atoms with van der Waals surface area (Å²) < 4.78 is 1.83. The quantitative estimate of drug-likeness (QED) is 0.894. The van der Waals surface area contributed by atoms with Gasteiger partial charge in [-0.25, -0.2) is 0 Å². The maximum Gasteiger partial charge on any atom is 0.128 e. The lowest BCUT2D eigenvalue weighted by Gasteiger charge is -2.13. The van der Waals surface area contributed by atoms with E-state index < -0.39 is 0 Å². The van der Waals surface area contributed by atoms with E-state index in [2.05, 4.69) is 43.3 Å². The van der Waals surface area contributed by atoms with Gasteiger partial charge in [-0.05, 0) is 24.3 Å². The molecule has 0 saturated heterocycles. The first-order chi connectivity index (χ1) is 8.90. The minimum atomic E-state index is 0.0301. The number of nitriles is 1. The SMILES string of the molecule is Cn1nc(C(C)(C)C)cc1Nc1ccc(C#N)cc1. The molecule has 0 unspecified atom stereocenters. The summed E-state index contributed by atoms with van der Waals surface area (Å²) in [5.74, 6) is 0.939. The summed E-state index contributed by atoms with van der Waals surface area (Å²) in [6.07, 6.45) is 0. The van der Waals surface area contributed by atoms with Gasteiger partial charge in [-0.3, -0.25) is 4.68 Å². The summed E-state index contributed by atoms with van der Waals surface area (Å²) in [6.45, 7) is 6.42. The van der Waals surface area contributed by atoms with Crippen LogP contribution < -0.4 is 5.32 Å². The molecule has 0 aliphatic heterocycles. The van der Waals surface area contributed by atoms with E-state index in [1.54, 1.807) is 12.1 Å². The van der Waals surface area contributed by atoms with Crippen molar-refractivity contribution >= 4 is 11.5 Å². The van der Waals surface area contributed by atoms with E-state index >= 15 is 0 Å². The summed E-state index contributed by atoms with van der Waals surface area (Å²) in [5.41, 5.74) is 2.68. The van der Waals surface area contributed by atoms with Gasteiger partial charge in [-0.1, -0.05) is 20.8 Å². The Kier molecular flexibility index (Phi) is 3.30. The number of hydrogen-bond acceptors (Lipinski definition) is 3.